The molecule has 0 saturated heterocycles. The molecular formula is C13H11BrN2. The minimum absolute atomic E-state index is 0.789. The first-order valence-corrected chi connectivity index (χ1v) is 5.75. The molecule has 80 valence electrons. The van der Waals surface area contributed by atoms with E-state index in [0.29, 0.717) is 0 Å². The topological polar surface area (TPSA) is 24.4 Å². The van der Waals surface area contributed by atoms with Crippen molar-refractivity contribution in [2.24, 2.45) is 5.10 Å². The van der Waals surface area contributed by atoms with Gasteiger partial charge in [0.1, 0.15) is 4.62 Å². The molecule has 2 rings (SSSR count). The molecule has 0 aromatic heterocycles. The Labute approximate surface area is 103 Å². The predicted molar refractivity (Wildman–Crippen MR) is 72.0 cm³/mol. The molecule has 0 bridgehead atoms. The molecule has 0 amide bonds. The van der Waals surface area contributed by atoms with Crippen molar-refractivity contribution in [3.05, 3.63) is 66.2 Å². The normalized spacial score (nSPS) is 11.2. The monoisotopic (exact) mass is 274 g/mol. The third-order valence-electron chi connectivity index (χ3n) is 2.07. The number of para-hydroxylation sites is 1. The number of rotatable bonds is 3. The van der Waals surface area contributed by atoms with E-state index < -0.39 is 0 Å². The second kappa shape index (κ2) is 5.47. The molecule has 1 N–H and O–H groups in total. The summed E-state index contributed by atoms with van der Waals surface area (Å²) in [5.41, 5.74) is 5.00. The van der Waals surface area contributed by atoms with E-state index in [4.69, 9.17) is 0 Å². The van der Waals surface area contributed by atoms with E-state index in [1.54, 1.807) is 0 Å². The zero-order valence-corrected chi connectivity index (χ0v) is 10.2. The van der Waals surface area contributed by atoms with Gasteiger partial charge in [-0.2, -0.15) is 5.10 Å². The highest BCUT2D eigenvalue weighted by Gasteiger charge is 1.96. The fourth-order valence-corrected chi connectivity index (χ4v) is 1.62. The van der Waals surface area contributed by atoms with E-state index >= 15 is 0 Å². The maximum Gasteiger partial charge on any atom is 0.133 e. The number of hydrogen-bond donors (Lipinski definition) is 1. The molecule has 2 aromatic carbocycles. The molecule has 0 aliphatic heterocycles. The summed E-state index contributed by atoms with van der Waals surface area (Å²) >= 11 is 3.43. The van der Waals surface area contributed by atoms with Crippen LogP contribution in [-0.4, -0.2) is 4.62 Å². The SMILES string of the molecule is BrC(=NNc1ccccc1)c1ccccc1. The molecule has 0 heterocycles. The average molecular weight is 275 g/mol. The second-order valence-electron chi connectivity index (χ2n) is 3.25. The molecular weight excluding hydrogens is 264 g/mol. The highest BCUT2D eigenvalue weighted by Crippen LogP contribution is 2.09. The smallest absolute Gasteiger partial charge is 0.133 e. The number of halogens is 1. The van der Waals surface area contributed by atoms with Crippen molar-refractivity contribution in [1.82, 2.24) is 0 Å². The van der Waals surface area contributed by atoms with Crippen LogP contribution in [0.15, 0.2) is 65.8 Å². The van der Waals surface area contributed by atoms with Crippen LogP contribution < -0.4 is 5.43 Å². The zero-order valence-electron chi connectivity index (χ0n) is 8.60. The quantitative estimate of drug-likeness (QED) is 0.667. The molecule has 0 spiro atoms. The Morgan fingerprint density at radius 3 is 2.06 bits per heavy atom. The van der Waals surface area contributed by atoms with Gasteiger partial charge in [-0.15, -0.1) is 0 Å². The lowest BCUT2D eigenvalue weighted by molar-refractivity contribution is 1.35. The van der Waals surface area contributed by atoms with Gasteiger partial charge in [0.2, 0.25) is 0 Å². The second-order valence-corrected chi connectivity index (χ2v) is 4.00. The average Bonchev–Trinajstić information content (AvgIpc) is 2.38. The standard InChI is InChI=1S/C13H11BrN2/c14-13(11-7-3-1-4-8-11)16-15-12-9-5-2-6-10-12/h1-10,15H. The summed E-state index contributed by atoms with van der Waals surface area (Å²) in [4.78, 5) is 0. The first-order valence-electron chi connectivity index (χ1n) is 4.96. The number of nitrogens with one attached hydrogen (secondary N) is 1. The van der Waals surface area contributed by atoms with Gasteiger partial charge in [-0.25, -0.2) is 0 Å². The lowest BCUT2D eigenvalue weighted by Crippen LogP contribution is -1.95. The molecule has 0 saturated carbocycles. The van der Waals surface area contributed by atoms with Crippen LogP contribution in [0.4, 0.5) is 5.69 Å². The van der Waals surface area contributed by atoms with Gasteiger partial charge >= 0.3 is 0 Å². The van der Waals surface area contributed by atoms with Gasteiger partial charge in [0.25, 0.3) is 0 Å². The summed E-state index contributed by atoms with van der Waals surface area (Å²) in [7, 11) is 0. The number of anilines is 1. The van der Waals surface area contributed by atoms with Gasteiger partial charge in [-0.1, -0.05) is 48.5 Å². The number of hydrazone groups is 1. The maximum atomic E-state index is 4.25. The lowest BCUT2D eigenvalue weighted by atomic mass is 10.2. The minimum Gasteiger partial charge on any atom is -0.277 e. The van der Waals surface area contributed by atoms with Crippen molar-refractivity contribution < 1.29 is 0 Å². The van der Waals surface area contributed by atoms with Gasteiger partial charge in [0.05, 0.1) is 5.69 Å². The zero-order chi connectivity index (χ0) is 11.2. The van der Waals surface area contributed by atoms with Crippen LogP contribution in [0, 0.1) is 0 Å². The predicted octanol–water partition coefficient (Wildman–Crippen LogP) is 3.86. The van der Waals surface area contributed by atoms with Crippen molar-refractivity contribution in [2.45, 2.75) is 0 Å². The summed E-state index contributed by atoms with van der Waals surface area (Å²) in [5, 5.41) is 4.25. The van der Waals surface area contributed by atoms with E-state index in [1.165, 1.54) is 0 Å². The minimum atomic E-state index is 0.789. The molecule has 0 unspecified atom stereocenters. The van der Waals surface area contributed by atoms with Crippen LogP contribution >= 0.6 is 15.9 Å². The van der Waals surface area contributed by atoms with Crippen LogP contribution in [0.2, 0.25) is 0 Å². The molecule has 0 atom stereocenters. The van der Waals surface area contributed by atoms with Crippen molar-refractivity contribution in [1.29, 1.82) is 0 Å². The van der Waals surface area contributed by atoms with Gasteiger partial charge in [-0.3, -0.25) is 5.43 Å². The molecule has 0 fully saturated rings. The fourth-order valence-electron chi connectivity index (χ4n) is 1.27. The fraction of sp³-hybridized carbons (Fsp3) is 0. The highest BCUT2D eigenvalue weighted by atomic mass is 79.9. The molecule has 0 aliphatic rings. The summed E-state index contributed by atoms with van der Waals surface area (Å²) in [6.45, 7) is 0. The van der Waals surface area contributed by atoms with Crippen molar-refractivity contribution >= 4 is 26.2 Å². The van der Waals surface area contributed by atoms with E-state index in [9.17, 15) is 0 Å². The summed E-state index contributed by atoms with van der Waals surface area (Å²) < 4.78 is 0.789. The van der Waals surface area contributed by atoms with Crippen LogP contribution in [0.1, 0.15) is 5.56 Å². The maximum absolute atomic E-state index is 4.25. The Morgan fingerprint density at radius 2 is 1.44 bits per heavy atom. The largest absolute Gasteiger partial charge is 0.277 e. The highest BCUT2D eigenvalue weighted by molar-refractivity contribution is 9.18. The Balaban J connectivity index is 2.09. The van der Waals surface area contributed by atoms with E-state index in [0.717, 1.165) is 15.9 Å². The number of hydrogen-bond acceptors (Lipinski definition) is 2. The summed E-state index contributed by atoms with van der Waals surface area (Å²) in [6.07, 6.45) is 0. The van der Waals surface area contributed by atoms with Gasteiger partial charge in [0.15, 0.2) is 0 Å². The van der Waals surface area contributed by atoms with Crippen LogP contribution in [0.25, 0.3) is 0 Å². The first-order chi connectivity index (χ1) is 7.86. The number of nitrogens with zero attached hydrogens (tertiary/aromatic N) is 1. The van der Waals surface area contributed by atoms with E-state index in [1.807, 2.05) is 60.7 Å². The van der Waals surface area contributed by atoms with Gasteiger partial charge < -0.3 is 0 Å². The van der Waals surface area contributed by atoms with Crippen molar-refractivity contribution in [3.63, 3.8) is 0 Å². The summed E-state index contributed by atoms with van der Waals surface area (Å²) in [6, 6.07) is 19.8. The molecule has 3 heteroatoms. The molecule has 2 nitrogen and oxygen atoms in total. The number of benzene rings is 2. The van der Waals surface area contributed by atoms with Crippen molar-refractivity contribution in [2.75, 3.05) is 5.43 Å². The molecule has 16 heavy (non-hydrogen) atoms. The van der Waals surface area contributed by atoms with Gasteiger partial charge in [0, 0.05) is 5.56 Å². The summed E-state index contributed by atoms with van der Waals surface area (Å²) in [5.74, 6) is 0. The molecule has 0 aliphatic carbocycles. The van der Waals surface area contributed by atoms with Crippen LogP contribution in [0.3, 0.4) is 0 Å². The Morgan fingerprint density at radius 1 is 0.875 bits per heavy atom. The lowest BCUT2D eigenvalue weighted by Gasteiger charge is -2.01. The van der Waals surface area contributed by atoms with Crippen LogP contribution in [0.5, 0.6) is 0 Å². The third kappa shape index (κ3) is 2.94. The van der Waals surface area contributed by atoms with E-state index in [2.05, 4.69) is 26.5 Å². The molecule has 0 radical (unpaired) electrons. The first kappa shape index (κ1) is 10.9. The molecule has 2 aromatic rings. The van der Waals surface area contributed by atoms with E-state index in [-0.39, 0.29) is 0 Å². The third-order valence-corrected chi connectivity index (χ3v) is 2.70. The Bertz CT molecular complexity index is 466. The van der Waals surface area contributed by atoms with Crippen molar-refractivity contribution in [3.8, 4) is 0 Å². The Hall–Kier alpha value is -1.61. The Kier molecular flexibility index (Phi) is 3.72. The van der Waals surface area contributed by atoms with Gasteiger partial charge in [-0.05, 0) is 28.1 Å². The van der Waals surface area contributed by atoms with Crippen LogP contribution in [-0.2, 0) is 0 Å².